The van der Waals surface area contributed by atoms with Gasteiger partial charge in [-0.1, -0.05) is 30.3 Å². The van der Waals surface area contributed by atoms with Crippen LogP contribution in [0.25, 0.3) is 0 Å². The molecule has 0 aliphatic carbocycles. The largest absolute Gasteiger partial charge is 0.497 e. The van der Waals surface area contributed by atoms with E-state index >= 15 is 0 Å². The first kappa shape index (κ1) is 21.0. The smallest absolute Gasteiger partial charge is 0.191 e. The summed E-state index contributed by atoms with van der Waals surface area (Å²) < 4.78 is 17.4. The number of hydrogen-bond acceptors (Lipinski definition) is 3. The SMILES string of the molecule is CN=C(NCCCCc1ccc(OC)cc1)NCCS(=O)c1ccccc1. The standard InChI is InChI=1S/C21H29N3O2S/c1-22-21(24-16-17-27(25)20-9-4-3-5-10-20)23-15-7-6-8-18-11-13-19(26-2)14-12-18/h3-5,9-14H,6-8,15-17H2,1-2H3,(H2,22,23,24). The number of ether oxygens (including phenoxy) is 1. The highest BCUT2D eigenvalue weighted by Gasteiger charge is 2.03. The van der Waals surface area contributed by atoms with Crippen LogP contribution >= 0.6 is 0 Å². The molecule has 2 rings (SSSR count). The van der Waals surface area contributed by atoms with Gasteiger partial charge in [0.1, 0.15) is 5.75 Å². The molecule has 0 fully saturated rings. The van der Waals surface area contributed by atoms with E-state index in [-0.39, 0.29) is 0 Å². The Bertz CT molecular complexity index is 718. The first-order valence-electron chi connectivity index (χ1n) is 9.24. The van der Waals surface area contributed by atoms with Crippen molar-refractivity contribution in [1.29, 1.82) is 0 Å². The Morgan fingerprint density at radius 2 is 1.70 bits per heavy atom. The first-order valence-corrected chi connectivity index (χ1v) is 10.6. The molecule has 0 radical (unpaired) electrons. The molecule has 27 heavy (non-hydrogen) atoms. The van der Waals surface area contributed by atoms with Crippen molar-refractivity contribution in [2.75, 3.05) is 33.0 Å². The van der Waals surface area contributed by atoms with E-state index in [0.717, 1.165) is 42.4 Å². The molecule has 2 aromatic rings. The second kappa shape index (κ2) is 12.1. The van der Waals surface area contributed by atoms with E-state index in [1.807, 2.05) is 42.5 Å². The van der Waals surface area contributed by atoms with Gasteiger partial charge in [-0.15, -0.1) is 0 Å². The first-order chi connectivity index (χ1) is 13.2. The fraction of sp³-hybridized carbons (Fsp3) is 0.381. The summed E-state index contributed by atoms with van der Waals surface area (Å²) >= 11 is 0. The summed E-state index contributed by atoms with van der Waals surface area (Å²) in [6, 6.07) is 17.8. The van der Waals surface area contributed by atoms with Gasteiger partial charge in [0.15, 0.2) is 5.96 Å². The summed E-state index contributed by atoms with van der Waals surface area (Å²) in [6.45, 7) is 1.48. The lowest BCUT2D eigenvalue weighted by Crippen LogP contribution is -2.39. The third-order valence-electron chi connectivity index (χ3n) is 4.15. The van der Waals surface area contributed by atoms with Crippen molar-refractivity contribution in [3.05, 3.63) is 60.2 Å². The number of rotatable bonds is 10. The molecule has 0 aliphatic heterocycles. The number of nitrogens with one attached hydrogen (secondary N) is 2. The van der Waals surface area contributed by atoms with Gasteiger partial charge in [-0.25, -0.2) is 0 Å². The molecule has 0 spiro atoms. The van der Waals surface area contributed by atoms with Gasteiger partial charge in [-0.05, 0) is 49.1 Å². The van der Waals surface area contributed by atoms with Gasteiger partial charge < -0.3 is 15.4 Å². The predicted octanol–water partition coefficient (Wildman–Crippen LogP) is 2.99. The molecule has 146 valence electrons. The van der Waals surface area contributed by atoms with Crippen LogP contribution in [0.4, 0.5) is 0 Å². The minimum absolute atomic E-state index is 0.558. The van der Waals surface area contributed by atoms with E-state index in [1.165, 1.54) is 5.56 Å². The molecule has 0 aromatic heterocycles. The Balaban J connectivity index is 1.59. The molecule has 2 N–H and O–H groups in total. The molecule has 0 heterocycles. The maximum absolute atomic E-state index is 12.2. The van der Waals surface area contributed by atoms with Crippen LogP contribution < -0.4 is 15.4 Å². The minimum atomic E-state index is -0.989. The summed E-state index contributed by atoms with van der Waals surface area (Å²) in [5, 5.41) is 6.53. The van der Waals surface area contributed by atoms with Crippen LogP contribution in [0.5, 0.6) is 5.75 Å². The van der Waals surface area contributed by atoms with Crippen molar-refractivity contribution in [2.45, 2.75) is 24.2 Å². The molecule has 5 nitrogen and oxygen atoms in total. The van der Waals surface area contributed by atoms with Crippen LogP contribution in [-0.2, 0) is 17.2 Å². The number of benzene rings is 2. The molecule has 0 saturated carbocycles. The van der Waals surface area contributed by atoms with E-state index in [1.54, 1.807) is 14.2 Å². The van der Waals surface area contributed by atoms with Gasteiger partial charge in [0, 0.05) is 30.8 Å². The van der Waals surface area contributed by atoms with Crippen molar-refractivity contribution in [1.82, 2.24) is 10.6 Å². The van der Waals surface area contributed by atoms with E-state index in [4.69, 9.17) is 4.74 Å². The second-order valence-corrected chi connectivity index (χ2v) is 7.66. The summed E-state index contributed by atoms with van der Waals surface area (Å²) in [4.78, 5) is 5.08. The number of guanidine groups is 1. The fourth-order valence-corrected chi connectivity index (χ4v) is 3.61. The molecule has 0 saturated heterocycles. The Hall–Kier alpha value is -2.34. The van der Waals surface area contributed by atoms with Gasteiger partial charge in [-0.2, -0.15) is 0 Å². The van der Waals surface area contributed by atoms with Crippen molar-refractivity contribution in [3.63, 3.8) is 0 Å². The number of hydrogen-bond donors (Lipinski definition) is 2. The average molecular weight is 388 g/mol. The Kier molecular flexibility index (Phi) is 9.41. The van der Waals surface area contributed by atoms with Crippen molar-refractivity contribution in [2.24, 2.45) is 4.99 Å². The van der Waals surface area contributed by atoms with Gasteiger partial charge >= 0.3 is 0 Å². The molecule has 0 bridgehead atoms. The fourth-order valence-electron chi connectivity index (χ4n) is 2.63. The normalized spacial score (nSPS) is 12.4. The van der Waals surface area contributed by atoms with Crippen LogP contribution in [0.2, 0.25) is 0 Å². The summed E-state index contributed by atoms with van der Waals surface area (Å²) in [5.74, 6) is 2.20. The van der Waals surface area contributed by atoms with Gasteiger partial charge in [-0.3, -0.25) is 9.20 Å². The molecule has 0 aliphatic rings. The van der Waals surface area contributed by atoms with Crippen LogP contribution in [0, 0.1) is 0 Å². The third kappa shape index (κ3) is 7.83. The number of aryl methyl sites for hydroxylation is 1. The third-order valence-corrected chi connectivity index (χ3v) is 5.53. The monoisotopic (exact) mass is 387 g/mol. The minimum Gasteiger partial charge on any atom is -0.497 e. The van der Waals surface area contributed by atoms with Crippen molar-refractivity contribution in [3.8, 4) is 5.75 Å². The lowest BCUT2D eigenvalue weighted by Gasteiger charge is -2.12. The van der Waals surface area contributed by atoms with Gasteiger partial charge in [0.2, 0.25) is 0 Å². The zero-order valence-corrected chi connectivity index (χ0v) is 16.9. The second-order valence-electron chi connectivity index (χ2n) is 6.09. The van der Waals surface area contributed by atoms with E-state index < -0.39 is 10.8 Å². The maximum Gasteiger partial charge on any atom is 0.191 e. The van der Waals surface area contributed by atoms with Gasteiger partial charge in [0.25, 0.3) is 0 Å². The Morgan fingerprint density at radius 1 is 1.00 bits per heavy atom. The summed E-state index contributed by atoms with van der Waals surface area (Å²) in [5.41, 5.74) is 1.32. The van der Waals surface area contributed by atoms with Gasteiger partial charge in [0.05, 0.1) is 17.9 Å². The van der Waals surface area contributed by atoms with Crippen LogP contribution in [0.15, 0.2) is 64.5 Å². The Morgan fingerprint density at radius 3 is 2.37 bits per heavy atom. The number of aliphatic imine (C=N–C) groups is 1. The molecular weight excluding hydrogens is 358 g/mol. The molecule has 6 heteroatoms. The number of unbranched alkanes of at least 4 members (excludes halogenated alkanes) is 1. The molecular formula is C21H29N3O2S. The highest BCUT2D eigenvalue weighted by Crippen LogP contribution is 2.13. The van der Waals surface area contributed by atoms with Crippen LogP contribution in [0.1, 0.15) is 18.4 Å². The number of methoxy groups -OCH3 is 1. The highest BCUT2D eigenvalue weighted by molar-refractivity contribution is 7.85. The van der Waals surface area contributed by atoms with Crippen molar-refractivity contribution < 1.29 is 8.95 Å². The van der Waals surface area contributed by atoms with Crippen LogP contribution in [-0.4, -0.2) is 43.2 Å². The topological polar surface area (TPSA) is 62.7 Å². The molecule has 0 amide bonds. The van der Waals surface area contributed by atoms with E-state index in [0.29, 0.717) is 12.3 Å². The van der Waals surface area contributed by atoms with Crippen LogP contribution in [0.3, 0.4) is 0 Å². The zero-order chi connectivity index (χ0) is 19.3. The molecule has 1 atom stereocenters. The lowest BCUT2D eigenvalue weighted by atomic mass is 10.1. The molecule has 2 aromatic carbocycles. The lowest BCUT2D eigenvalue weighted by molar-refractivity contribution is 0.414. The van der Waals surface area contributed by atoms with Crippen molar-refractivity contribution >= 4 is 16.8 Å². The quantitative estimate of drug-likeness (QED) is 0.374. The Labute approximate surface area is 164 Å². The van der Waals surface area contributed by atoms with E-state index in [9.17, 15) is 4.21 Å². The zero-order valence-electron chi connectivity index (χ0n) is 16.1. The summed E-state index contributed by atoms with van der Waals surface area (Å²) in [7, 11) is 2.44. The molecule has 1 unspecified atom stereocenters. The van der Waals surface area contributed by atoms with E-state index in [2.05, 4.69) is 27.8 Å². The average Bonchev–Trinajstić information content (AvgIpc) is 2.73. The maximum atomic E-state index is 12.2. The predicted molar refractivity (Wildman–Crippen MR) is 113 cm³/mol. The summed E-state index contributed by atoms with van der Waals surface area (Å²) in [6.07, 6.45) is 3.21. The number of nitrogens with zero attached hydrogens (tertiary/aromatic N) is 1. The highest BCUT2D eigenvalue weighted by atomic mass is 32.2.